The van der Waals surface area contributed by atoms with Crippen molar-refractivity contribution in [3.05, 3.63) is 35.4 Å². The Labute approximate surface area is 103 Å². The summed E-state index contributed by atoms with van der Waals surface area (Å²) in [5.74, 6) is 0. The lowest BCUT2D eigenvalue weighted by atomic mass is 10.1. The van der Waals surface area contributed by atoms with Crippen molar-refractivity contribution in [1.29, 1.82) is 0 Å². The monoisotopic (exact) mass is 235 g/mol. The van der Waals surface area contributed by atoms with E-state index in [1.165, 1.54) is 30.4 Å². The number of nitrogens with one attached hydrogen (secondary N) is 1. The maximum Gasteiger partial charge on any atom is 0.0148 e. The van der Waals surface area contributed by atoms with Crippen molar-refractivity contribution in [3.63, 3.8) is 0 Å². The highest BCUT2D eigenvalue weighted by atomic mass is 32.2. The minimum Gasteiger partial charge on any atom is -0.313 e. The largest absolute Gasteiger partial charge is 0.313 e. The molecule has 16 heavy (non-hydrogen) atoms. The first-order valence-corrected chi connectivity index (χ1v) is 7.41. The topological polar surface area (TPSA) is 12.0 Å². The van der Waals surface area contributed by atoms with Crippen molar-refractivity contribution in [2.75, 3.05) is 12.8 Å². The van der Waals surface area contributed by atoms with E-state index in [1.807, 2.05) is 11.8 Å². The van der Waals surface area contributed by atoms with Crippen LogP contribution in [0.1, 0.15) is 24.5 Å². The van der Waals surface area contributed by atoms with Crippen molar-refractivity contribution in [3.8, 4) is 0 Å². The summed E-state index contributed by atoms with van der Waals surface area (Å²) in [6.07, 6.45) is 5.89. The SMILES string of the molecule is CSC(C)CCNC1Cc2ccccc2C1. The van der Waals surface area contributed by atoms with Crippen LogP contribution >= 0.6 is 11.8 Å². The zero-order chi connectivity index (χ0) is 11.4. The lowest BCUT2D eigenvalue weighted by Gasteiger charge is -2.13. The first kappa shape index (κ1) is 12.0. The summed E-state index contributed by atoms with van der Waals surface area (Å²) in [5, 5.41) is 4.45. The summed E-state index contributed by atoms with van der Waals surface area (Å²) < 4.78 is 0. The predicted octanol–water partition coefficient (Wildman–Crippen LogP) is 2.89. The molecule has 1 unspecified atom stereocenters. The summed E-state index contributed by atoms with van der Waals surface area (Å²) in [6, 6.07) is 9.50. The van der Waals surface area contributed by atoms with Crippen molar-refractivity contribution < 1.29 is 0 Å². The molecule has 1 aromatic rings. The van der Waals surface area contributed by atoms with E-state index < -0.39 is 0 Å². The van der Waals surface area contributed by atoms with Gasteiger partial charge in [0.25, 0.3) is 0 Å². The van der Waals surface area contributed by atoms with Gasteiger partial charge in [-0.05, 0) is 43.2 Å². The third-order valence-electron chi connectivity index (χ3n) is 3.44. The van der Waals surface area contributed by atoms with E-state index in [9.17, 15) is 0 Å². The van der Waals surface area contributed by atoms with Crippen LogP contribution in [0.4, 0.5) is 0 Å². The molecule has 0 aromatic heterocycles. The second-order valence-electron chi connectivity index (χ2n) is 4.66. The van der Waals surface area contributed by atoms with Crippen molar-refractivity contribution >= 4 is 11.8 Å². The summed E-state index contributed by atoms with van der Waals surface area (Å²) >= 11 is 1.95. The van der Waals surface area contributed by atoms with E-state index in [1.54, 1.807) is 0 Å². The van der Waals surface area contributed by atoms with Gasteiger partial charge < -0.3 is 5.32 Å². The molecule has 0 radical (unpaired) electrons. The molecule has 0 fully saturated rings. The molecule has 2 rings (SSSR count). The predicted molar refractivity (Wildman–Crippen MR) is 73.2 cm³/mol. The lowest BCUT2D eigenvalue weighted by molar-refractivity contribution is 0.523. The Morgan fingerprint density at radius 3 is 2.50 bits per heavy atom. The molecule has 1 aliphatic rings. The van der Waals surface area contributed by atoms with Crippen molar-refractivity contribution in [2.45, 2.75) is 37.5 Å². The van der Waals surface area contributed by atoms with E-state index in [-0.39, 0.29) is 0 Å². The molecule has 2 heteroatoms. The fourth-order valence-corrected chi connectivity index (χ4v) is 2.67. The lowest BCUT2D eigenvalue weighted by Crippen LogP contribution is -2.31. The minimum atomic E-state index is 0.673. The van der Waals surface area contributed by atoms with Crippen LogP contribution in [-0.2, 0) is 12.8 Å². The molecule has 1 aliphatic carbocycles. The van der Waals surface area contributed by atoms with Crippen LogP contribution in [0.25, 0.3) is 0 Å². The average molecular weight is 235 g/mol. The Kier molecular flexibility index (Phi) is 4.30. The van der Waals surface area contributed by atoms with Gasteiger partial charge in [0.2, 0.25) is 0 Å². The van der Waals surface area contributed by atoms with Crippen LogP contribution < -0.4 is 5.32 Å². The first-order chi connectivity index (χ1) is 7.79. The minimum absolute atomic E-state index is 0.673. The molecule has 0 bridgehead atoms. The first-order valence-electron chi connectivity index (χ1n) is 6.12. The van der Waals surface area contributed by atoms with Crippen LogP contribution in [-0.4, -0.2) is 24.1 Å². The maximum absolute atomic E-state index is 3.68. The van der Waals surface area contributed by atoms with E-state index in [0.717, 1.165) is 11.8 Å². The third-order valence-corrected chi connectivity index (χ3v) is 4.48. The third kappa shape index (κ3) is 3.02. The van der Waals surface area contributed by atoms with E-state index in [0.29, 0.717) is 6.04 Å². The molecule has 1 aromatic carbocycles. The van der Waals surface area contributed by atoms with Gasteiger partial charge in [0.15, 0.2) is 0 Å². The molecule has 0 saturated heterocycles. The molecule has 88 valence electrons. The number of fused-ring (bicyclic) bond motifs is 1. The Hall–Kier alpha value is -0.470. The molecular weight excluding hydrogens is 214 g/mol. The van der Waals surface area contributed by atoms with Crippen LogP contribution in [0.3, 0.4) is 0 Å². The average Bonchev–Trinajstić information content (AvgIpc) is 2.71. The highest BCUT2D eigenvalue weighted by Gasteiger charge is 2.19. The van der Waals surface area contributed by atoms with Gasteiger partial charge in [-0.3, -0.25) is 0 Å². The van der Waals surface area contributed by atoms with E-state index in [2.05, 4.69) is 42.8 Å². The smallest absolute Gasteiger partial charge is 0.0148 e. The maximum atomic E-state index is 3.68. The second-order valence-corrected chi connectivity index (χ2v) is 5.94. The molecular formula is C14H21NS. The molecule has 0 spiro atoms. The van der Waals surface area contributed by atoms with Gasteiger partial charge in [-0.1, -0.05) is 31.2 Å². The number of thioether (sulfide) groups is 1. The van der Waals surface area contributed by atoms with Crippen LogP contribution in [0.15, 0.2) is 24.3 Å². The van der Waals surface area contributed by atoms with Crippen molar-refractivity contribution in [2.24, 2.45) is 0 Å². The molecule has 0 amide bonds. The quantitative estimate of drug-likeness (QED) is 0.842. The van der Waals surface area contributed by atoms with Gasteiger partial charge >= 0.3 is 0 Å². The van der Waals surface area contributed by atoms with E-state index in [4.69, 9.17) is 0 Å². The van der Waals surface area contributed by atoms with Gasteiger partial charge in [-0.2, -0.15) is 11.8 Å². The Morgan fingerprint density at radius 1 is 1.31 bits per heavy atom. The molecule has 0 heterocycles. The summed E-state index contributed by atoms with van der Waals surface area (Å²) in [7, 11) is 0. The highest BCUT2D eigenvalue weighted by molar-refractivity contribution is 7.99. The van der Waals surface area contributed by atoms with Crippen LogP contribution in [0.2, 0.25) is 0 Å². The Morgan fingerprint density at radius 2 is 1.94 bits per heavy atom. The normalized spacial score (nSPS) is 17.4. The fraction of sp³-hybridized carbons (Fsp3) is 0.571. The van der Waals surface area contributed by atoms with Gasteiger partial charge in [0, 0.05) is 11.3 Å². The fourth-order valence-electron chi connectivity index (χ4n) is 2.31. The second kappa shape index (κ2) is 5.74. The zero-order valence-corrected chi connectivity index (χ0v) is 11.0. The van der Waals surface area contributed by atoms with Crippen LogP contribution in [0.5, 0.6) is 0 Å². The molecule has 1 nitrogen and oxygen atoms in total. The van der Waals surface area contributed by atoms with Gasteiger partial charge in [-0.25, -0.2) is 0 Å². The van der Waals surface area contributed by atoms with Gasteiger partial charge in [0.05, 0.1) is 0 Å². The van der Waals surface area contributed by atoms with Gasteiger partial charge in [0.1, 0.15) is 0 Å². The standard InChI is InChI=1S/C14H21NS/c1-11(16-2)7-8-15-14-9-12-5-3-4-6-13(12)10-14/h3-6,11,14-15H,7-10H2,1-2H3. The summed E-state index contributed by atoms with van der Waals surface area (Å²) in [4.78, 5) is 0. The number of rotatable bonds is 5. The highest BCUT2D eigenvalue weighted by Crippen LogP contribution is 2.21. The van der Waals surface area contributed by atoms with Crippen LogP contribution in [0, 0.1) is 0 Å². The summed E-state index contributed by atoms with van der Waals surface area (Å²) in [6.45, 7) is 3.45. The van der Waals surface area contributed by atoms with E-state index >= 15 is 0 Å². The molecule has 0 saturated carbocycles. The Balaban J connectivity index is 1.75. The zero-order valence-electron chi connectivity index (χ0n) is 10.2. The molecule has 1 N–H and O–H groups in total. The molecule has 1 atom stereocenters. The number of hydrogen-bond acceptors (Lipinski definition) is 2. The number of benzene rings is 1. The van der Waals surface area contributed by atoms with Gasteiger partial charge in [-0.15, -0.1) is 0 Å². The van der Waals surface area contributed by atoms with Crippen molar-refractivity contribution in [1.82, 2.24) is 5.32 Å². The summed E-state index contributed by atoms with van der Waals surface area (Å²) in [5.41, 5.74) is 3.08. The number of hydrogen-bond donors (Lipinski definition) is 1. The Bertz CT molecular complexity index is 312. The molecule has 0 aliphatic heterocycles.